The van der Waals surface area contributed by atoms with Crippen LogP contribution in [0.2, 0.25) is 0 Å². The number of aromatic nitrogens is 1. The van der Waals surface area contributed by atoms with Crippen LogP contribution in [0.5, 0.6) is 0 Å². The van der Waals surface area contributed by atoms with E-state index in [0.717, 1.165) is 17.5 Å². The molecule has 2 heterocycles. The van der Waals surface area contributed by atoms with Gasteiger partial charge >= 0.3 is 0 Å². The summed E-state index contributed by atoms with van der Waals surface area (Å²) in [4.78, 5) is 14.3. The Morgan fingerprint density at radius 3 is 3.19 bits per heavy atom. The first-order valence-electron chi connectivity index (χ1n) is 7.15. The fraction of sp³-hybridized carbons (Fsp3) is 0.467. The number of hydrogen-bond acceptors (Lipinski definition) is 5. The molecule has 1 unspecified atom stereocenters. The first kappa shape index (κ1) is 14.0. The van der Waals surface area contributed by atoms with Crippen molar-refractivity contribution in [3.05, 3.63) is 30.0 Å². The van der Waals surface area contributed by atoms with Crippen LogP contribution < -0.4 is 5.32 Å². The number of nitrogens with zero attached hydrogens (tertiary/aromatic N) is 2. The van der Waals surface area contributed by atoms with Gasteiger partial charge in [0.15, 0.2) is 5.58 Å². The maximum absolute atomic E-state index is 12.4. The number of carbonyl (C=O) groups excluding carboxylic acids is 1. The molecule has 1 atom stereocenters. The Bertz CT molecular complexity index is 623. The van der Waals surface area contributed by atoms with E-state index in [1.165, 1.54) is 0 Å². The Morgan fingerprint density at radius 2 is 2.33 bits per heavy atom. The third-order valence-electron chi connectivity index (χ3n) is 3.69. The van der Waals surface area contributed by atoms with Gasteiger partial charge in [-0.1, -0.05) is 17.3 Å². The van der Waals surface area contributed by atoms with Crippen molar-refractivity contribution in [2.45, 2.75) is 12.5 Å². The first-order valence-corrected chi connectivity index (χ1v) is 7.15. The summed E-state index contributed by atoms with van der Waals surface area (Å²) in [7, 11) is 1.88. The highest BCUT2D eigenvalue weighted by Crippen LogP contribution is 2.19. The van der Waals surface area contributed by atoms with Crippen molar-refractivity contribution in [3.63, 3.8) is 0 Å². The van der Waals surface area contributed by atoms with E-state index < -0.39 is 0 Å². The molecule has 6 heteroatoms. The molecule has 1 aromatic carbocycles. The Labute approximate surface area is 123 Å². The third kappa shape index (κ3) is 3.06. The number of fused-ring (bicyclic) bond motifs is 1. The fourth-order valence-corrected chi connectivity index (χ4v) is 2.62. The molecule has 1 amide bonds. The molecule has 1 aromatic heterocycles. The fourth-order valence-electron chi connectivity index (χ4n) is 2.62. The van der Waals surface area contributed by atoms with E-state index in [1.54, 1.807) is 0 Å². The van der Waals surface area contributed by atoms with Gasteiger partial charge in [-0.25, -0.2) is 0 Å². The van der Waals surface area contributed by atoms with Gasteiger partial charge in [-0.15, -0.1) is 0 Å². The zero-order chi connectivity index (χ0) is 14.7. The topological polar surface area (TPSA) is 67.6 Å². The number of likely N-dealkylation sites (N-methyl/N-ethyl adjacent to an activating group) is 1. The van der Waals surface area contributed by atoms with Gasteiger partial charge in [-0.2, -0.15) is 0 Å². The molecular formula is C15H19N3O3. The molecule has 0 radical (unpaired) electrons. The predicted molar refractivity (Wildman–Crippen MR) is 78.0 cm³/mol. The van der Waals surface area contributed by atoms with Crippen molar-refractivity contribution >= 4 is 16.9 Å². The molecule has 112 valence electrons. The van der Waals surface area contributed by atoms with E-state index in [2.05, 4.69) is 10.5 Å². The van der Waals surface area contributed by atoms with Gasteiger partial charge in [0.1, 0.15) is 5.69 Å². The number of amides is 1. The lowest BCUT2D eigenvalue weighted by atomic mass is 10.1. The molecule has 6 nitrogen and oxygen atoms in total. The molecule has 3 rings (SSSR count). The zero-order valence-electron chi connectivity index (χ0n) is 12.0. The lowest BCUT2D eigenvalue weighted by Crippen LogP contribution is -2.49. The molecule has 1 saturated heterocycles. The van der Waals surface area contributed by atoms with Gasteiger partial charge in [-0.3, -0.25) is 4.79 Å². The quantitative estimate of drug-likeness (QED) is 0.902. The van der Waals surface area contributed by atoms with Gasteiger partial charge in [0.2, 0.25) is 5.91 Å². The number of nitrogens with one attached hydrogen (secondary N) is 1. The summed E-state index contributed by atoms with van der Waals surface area (Å²) < 4.78 is 10.9. The summed E-state index contributed by atoms with van der Waals surface area (Å²) in [6, 6.07) is 7.60. The van der Waals surface area contributed by atoms with Crippen LogP contribution in [0.15, 0.2) is 28.8 Å². The number of para-hydroxylation sites is 1. The van der Waals surface area contributed by atoms with E-state index >= 15 is 0 Å². The summed E-state index contributed by atoms with van der Waals surface area (Å²) in [5.74, 6) is 0.0680. The van der Waals surface area contributed by atoms with Gasteiger partial charge in [0, 0.05) is 25.0 Å². The first-order chi connectivity index (χ1) is 10.3. The smallest absolute Gasteiger partial charge is 0.228 e. The van der Waals surface area contributed by atoms with Crippen molar-refractivity contribution in [1.29, 1.82) is 0 Å². The largest absolute Gasteiger partial charge is 0.373 e. The van der Waals surface area contributed by atoms with Crippen molar-refractivity contribution in [2.75, 3.05) is 33.3 Å². The summed E-state index contributed by atoms with van der Waals surface area (Å²) in [6.45, 7) is 2.58. The number of hydrogen-bond donors (Lipinski definition) is 1. The lowest BCUT2D eigenvalue weighted by Gasteiger charge is -2.32. The second kappa shape index (κ2) is 6.24. The predicted octanol–water partition coefficient (Wildman–Crippen LogP) is 0.817. The van der Waals surface area contributed by atoms with Crippen LogP contribution in [-0.2, 0) is 16.0 Å². The van der Waals surface area contributed by atoms with E-state index in [4.69, 9.17) is 9.26 Å². The number of rotatable bonds is 4. The van der Waals surface area contributed by atoms with Gasteiger partial charge < -0.3 is 19.5 Å². The summed E-state index contributed by atoms with van der Waals surface area (Å²) in [5.41, 5.74) is 1.42. The standard InChI is InChI=1S/C15H19N3O3/c1-16-9-11-10-18(6-7-20-11)15(19)8-13-12-4-2-3-5-14(12)21-17-13/h2-5,11,16H,6-10H2,1H3. The molecule has 0 spiro atoms. The van der Waals surface area contributed by atoms with Crippen LogP contribution >= 0.6 is 0 Å². The highest BCUT2D eigenvalue weighted by atomic mass is 16.5. The van der Waals surface area contributed by atoms with E-state index in [-0.39, 0.29) is 18.4 Å². The minimum Gasteiger partial charge on any atom is -0.373 e. The van der Waals surface area contributed by atoms with Crippen LogP contribution in [0.25, 0.3) is 11.0 Å². The number of carbonyl (C=O) groups is 1. The van der Waals surface area contributed by atoms with Gasteiger partial charge in [0.05, 0.1) is 19.1 Å². The van der Waals surface area contributed by atoms with Gasteiger partial charge in [0.25, 0.3) is 0 Å². The summed E-state index contributed by atoms with van der Waals surface area (Å²) in [6.07, 6.45) is 0.324. The minimum atomic E-state index is 0.0572. The van der Waals surface area contributed by atoms with Crippen molar-refractivity contribution < 1.29 is 14.1 Å². The normalized spacial score (nSPS) is 19.1. The average molecular weight is 289 g/mol. The maximum atomic E-state index is 12.4. The Kier molecular flexibility index (Phi) is 4.17. The average Bonchev–Trinajstić information content (AvgIpc) is 2.91. The van der Waals surface area contributed by atoms with E-state index in [0.29, 0.717) is 25.4 Å². The van der Waals surface area contributed by atoms with Crippen LogP contribution in [-0.4, -0.2) is 55.4 Å². The van der Waals surface area contributed by atoms with E-state index in [1.807, 2.05) is 36.2 Å². The zero-order valence-corrected chi connectivity index (χ0v) is 12.0. The lowest BCUT2D eigenvalue weighted by molar-refractivity contribution is -0.137. The van der Waals surface area contributed by atoms with Gasteiger partial charge in [-0.05, 0) is 19.2 Å². The molecule has 1 aliphatic heterocycles. The number of morpholine rings is 1. The molecule has 2 aromatic rings. The van der Waals surface area contributed by atoms with Crippen molar-refractivity contribution in [1.82, 2.24) is 15.4 Å². The minimum absolute atomic E-state index is 0.0572. The molecule has 0 bridgehead atoms. The molecule has 1 fully saturated rings. The Balaban J connectivity index is 1.68. The summed E-state index contributed by atoms with van der Waals surface area (Å²) in [5, 5.41) is 8.00. The van der Waals surface area contributed by atoms with Crippen molar-refractivity contribution in [2.24, 2.45) is 0 Å². The van der Waals surface area contributed by atoms with E-state index in [9.17, 15) is 4.79 Å². The van der Waals surface area contributed by atoms with Crippen molar-refractivity contribution in [3.8, 4) is 0 Å². The Morgan fingerprint density at radius 1 is 1.48 bits per heavy atom. The Hall–Kier alpha value is -1.92. The maximum Gasteiger partial charge on any atom is 0.228 e. The number of ether oxygens (including phenoxy) is 1. The molecule has 0 saturated carbocycles. The van der Waals surface area contributed by atoms with Crippen LogP contribution in [0.1, 0.15) is 5.69 Å². The second-order valence-corrected chi connectivity index (χ2v) is 5.19. The molecule has 0 aliphatic carbocycles. The van der Waals surface area contributed by atoms with Crippen LogP contribution in [0.3, 0.4) is 0 Å². The second-order valence-electron chi connectivity index (χ2n) is 5.19. The van der Waals surface area contributed by atoms with Crippen LogP contribution in [0, 0.1) is 0 Å². The molecule has 1 N–H and O–H groups in total. The molecule has 21 heavy (non-hydrogen) atoms. The van der Waals surface area contributed by atoms with Crippen LogP contribution in [0.4, 0.5) is 0 Å². The molecule has 1 aliphatic rings. The number of benzene rings is 1. The monoisotopic (exact) mass is 289 g/mol. The third-order valence-corrected chi connectivity index (χ3v) is 3.69. The summed E-state index contributed by atoms with van der Waals surface area (Å²) >= 11 is 0. The highest BCUT2D eigenvalue weighted by molar-refractivity contribution is 5.86. The SMILES string of the molecule is CNCC1CN(C(=O)Cc2noc3ccccc23)CCO1. The highest BCUT2D eigenvalue weighted by Gasteiger charge is 2.25. The molecular weight excluding hydrogens is 270 g/mol.